The van der Waals surface area contributed by atoms with Crippen LogP contribution in [0.4, 0.5) is 0 Å². The van der Waals surface area contributed by atoms with Gasteiger partial charge < -0.3 is 25.8 Å². The molecule has 100 valence electrons. The van der Waals surface area contributed by atoms with Crippen LogP contribution in [0.1, 0.15) is 23.8 Å². The van der Waals surface area contributed by atoms with Crippen LogP contribution in [-0.4, -0.2) is 60.4 Å². The molecule has 5 N–H and O–H groups in total. The molecule has 2 heterocycles. The molecule has 0 radical (unpaired) electrons. The van der Waals surface area contributed by atoms with Crippen LogP contribution in [-0.2, 0) is 4.74 Å². The van der Waals surface area contributed by atoms with Crippen molar-refractivity contribution in [2.75, 3.05) is 6.61 Å². The number of primary amides is 1. The van der Waals surface area contributed by atoms with Gasteiger partial charge in [0.15, 0.2) is 6.23 Å². The van der Waals surface area contributed by atoms with Gasteiger partial charge in [-0.05, 0) is 6.92 Å². The molecule has 4 atom stereocenters. The van der Waals surface area contributed by atoms with Crippen molar-refractivity contribution in [3.05, 3.63) is 12.2 Å². The van der Waals surface area contributed by atoms with Gasteiger partial charge in [0.05, 0.1) is 6.61 Å². The average Bonchev–Trinajstić information content (AvgIpc) is 2.90. The monoisotopic (exact) mass is 258 g/mol. The van der Waals surface area contributed by atoms with Gasteiger partial charge in [0.1, 0.15) is 24.1 Å². The fourth-order valence-electron chi connectivity index (χ4n) is 1.78. The van der Waals surface area contributed by atoms with Crippen LogP contribution in [0.5, 0.6) is 0 Å². The molecule has 1 saturated heterocycles. The van der Waals surface area contributed by atoms with Gasteiger partial charge in [0.2, 0.25) is 5.82 Å². The van der Waals surface area contributed by atoms with Crippen LogP contribution in [0, 0.1) is 0 Å². The van der Waals surface area contributed by atoms with Crippen LogP contribution < -0.4 is 5.73 Å². The van der Waals surface area contributed by atoms with E-state index < -0.39 is 36.6 Å². The molecule has 1 amide bonds. The smallest absolute Gasteiger partial charge is 0.288 e. The van der Waals surface area contributed by atoms with Crippen molar-refractivity contribution in [2.45, 2.75) is 31.0 Å². The molecule has 0 saturated carbocycles. The summed E-state index contributed by atoms with van der Waals surface area (Å²) in [5.74, 6) is -1.04. The number of nitrogens with zero attached hydrogens (tertiary/aromatic N) is 3. The molecule has 1 aliphatic rings. The number of ether oxygens (including phenoxy) is 1. The Kier molecular flexibility index (Phi) is 3.07. The Labute approximate surface area is 102 Å². The zero-order chi connectivity index (χ0) is 13.5. The SMILES string of the molecule is C[C@]1(CO)O[C@@H](n2cnc(C(N)=O)n2)C(O)C1O. The molecule has 1 aromatic heterocycles. The topological polar surface area (TPSA) is 144 Å². The lowest BCUT2D eigenvalue weighted by atomic mass is 9.99. The van der Waals surface area contributed by atoms with E-state index in [2.05, 4.69) is 10.1 Å². The van der Waals surface area contributed by atoms with Crippen molar-refractivity contribution in [3.63, 3.8) is 0 Å². The van der Waals surface area contributed by atoms with Crippen LogP contribution in [0.2, 0.25) is 0 Å². The van der Waals surface area contributed by atoms with Crippen molar-refractivity contribution >= 4 is 5.91 Å². The van der Waals surface area contributed by atoms with E-state index >= 15 is 0 Å². The number of carbonyl (C=O) groups excluding carboxylic acids is 1. The van der Waals surface area contributed by atoms with Crippen LogP contribution in [0.3, 0.4) is 0 Å². The van der Waals surface area contributed by atoms with Crippen molar-refractivity contribution in [1.82, 2.24) is 14.8 Å². The van der Waals surface area contributed by atoms with Gasteiger partial charge >= 0.3 is 0 Å². The number of carbonyl (C=O) groups is 1. The summed E-state index contributed by atoms with van der Waals surface area (Å²) in [6.07, 6.45) is -2.47. The van der Waals surface area contributed by atoms with Crippen LogP contribution in [0.15, 0.2) is 6.33 Å². The van der Waals surface area contributed by atoms with E-state index in [1.54, 1.807) is 0 Å². The molecule has 0 bridgehead atoms. The lowest BCUT2D eigenvalue weighted by molar-refractivity contribution is -0.120. The Bertz CT molecular complexity index is 464. The van der Waals surface area contributed by atoms with Crippen molar-refractivity contribution in [3.8, 4) is 0 Å². The fraction of sp³-hybridized carbons (Fsp3) is 0.667. The first-order valence-electron chi connectivity index (χ1n) is 5.25. The van der Waals surface area contributed by atoms with E-state index in [1.807, 2.05) is 0 Å². The molecule has 0 aromatic carbocycles. The molecule has 9 nitrogen and oxygen atoms in total. The zero-order valence-corrected chi connectivity index (χ0v) is 9.59. The summed E-state index contributed by atoms with van der Waals surface area (Å²) in [5, 5.41) is 32.5. The van der Waals surface area contributed by atoms with E-state index in [0.29, 0.717) is 0 Å². The van der Waals surface area contributed by atoms with Crippen molar-refractivity contribution in [2.24, 2.45) is 5.73 Å². The number of rotatable bonds is 3. The molecular formula is C9H14N4O5. The Morgan fingerprint density at radius 2 is 2.33 bits per heavy atom. The van der Waals surface area contributed by atoms with E-state index in [9.17, 15) is 15.0 Å². The number of aliphatic hydroxyl groups excluding tert-OH is 3. The highest BCUT2D eigenvalue weighted by atomic mass is 16.6. The minimum absolute atomic E-state index is 0.224. The Hall–Kier alpha value is -1.55. The Balaban J connectivity index is 2.26. The summed E-state index contributed by atoms with van der Waals surface area (Å²) in [6, 6.07) is 0. The highest BCUT2D eigenvalue weighted by molar-refractivity contribution is 5.88. The fourth-order valence-corrected chi connectivity index (χ4v) is 1.78. The number of hydrogen-bond donors (Lipinski definition) is 4. The van der Waals surface area contributed by atoms with Crippen molar-refractivity contribution in [1.29, 1.82) is 0 Å². The minimum atomic E-state index is -1.30. The second-order valence-electron chi connectivity index (χ2n) is 4.33. The Morgan fingerprint density at radius 3 is 2.78 bits per heavy atom. The summed E-state index contributed by atoms with van der Waals surface area (Å²) in [4.78, 5) is 14.5. The molecule has 1 aromatic rings. The first-order valence-corrected chi connectivity index (χ1v) is 5.25. The summed E-state index contributed by atoms with van der Waals surface area (Å²) in [6.45, 7) is 0.978. The van der Waals surface area contributed by atoms with Gasteiger partial charge in [0, 0.05) is 0 Å². The molecule has 9 heteroatoms. The van der Waals surface area contributed by atoms with Gasteiger partial charge in [-0.2, -0.15) is 0 Å². The number of hydrogen-bond acceptors (Lipinski definition) is 7. The predicted octanol–water partition coefficient (Wildman–Crippen LogP) is -2.62. The number of amides is 1. The van der Waals surface area contributed by atoms with Gasteiger partial charge in [-0.15, -0.1) is 5.10 Å². The second-order valence-corrected chi connectivity index (χ2v) is 4.33. The van der Waals surface area contributed by atoms with Gasteiger partial charge in [-0.1, -0.05) is 0 Å². The summed E-state index contributed by atoms with van der Waals surface area (Å²) in [7, 11) is 0. The number of aliphatic hydroxyl groups is 3. The van der Waals surface area contributed by atoms with Gasteiger partial charge in [0.25, 0.3) is 5.91 Å². The lowest BCUT2D eigenvalue weighted by Crippen LogP contribution is -2.43. The van der Waals surface area contributed by atoms with E-state index in [-0.39, 0.29) is 5.82 Å². The molecule has 18 heavy (non-hydrogen) atoms. The number of nitrogens with two attached hydrogens (primary N) is 1. The standard InChI is InChI=1S/C9H14N4O5/c1-9(2-14)5(16)4(15)8(18-9)13-3-11-7(12-13)6(10)17/h3-5,8,14-16H,2H2,1H3,(H2,10,17)/t4?,5?,8-,9-/m1/s1. The van der Waals surface area contributed by atoms with Crippen molar-refractivity contribution < 1.29 is 24.9 Å². The zero-order valence-electron chi connectivity index (χ0n) is 9.59. The van der Waals surface area contributed by atoms with E-state index in [0.717, 1.165) is 11.0 Å². The largest absolute Gasteiger partial charge is 0.393 e. The highest BCUT2D eigenvalue weighted by Crippen LogP contribution is 2.36. The first-order chi connectivity index (χ1) is 8.39. The summed E-state index contributed by atoms with van der Waals surface area (Å²) >= 11 is 0. The van der Waals surface area contributed by atoms with Crippen LogP contribution in [0.25, 0.3) is 0 Å². The second kappa shape index (κ2) is 4.28. The number of aromatic nitrogens is 3. The minimum Gasteiger partial charge on any atom is -0.393 e. The maximum absolute atomic E-state index is 10.8. The third-order valence-electron chi connectivity index (χ3n) is 2.93. The highest BCUT2D eigenvalue weighted by Gasteiger charge is 2.52. The maximum atomic E-state index is 10.8. The third kappa shape index (κ3) is 1.86. The normalized spacial score (nSPS) is 35.9. The maximum Gasteiger partial charge on any atom is 0.288 e. The molecule has 2 rings (SSSR count). The quantitative estimate of drug-likeness (QED) is 0.464. The van der Waals surface area contributed by atoms with E-state index in [1.165, 1.54) is 6.92 Å². The van der Waals surface area contributed by atoms with Crippen LogP contribution >= 0.6 is 0 Å². The molecular weight excluding hydrogens is 244 g/mol. The molecule has 1 fully saturated rings. The summed E-state index contributed by atoms with van der Waals surface area (Å²) < 4.78 is 6.44. The predicted molar refractivity (Wildman–Crippen MR) is 56.2 cm³/mol. The first kappa shape index (κ1) is 12.9. The lowest BCUT2D eigenvalue weighted by Gasteiger charge is -2.24. The summed E-state index contributed by atoms with van der Waals surface area (Å²) in [5.41, 5.74) is 3.69. The van der Waals surface area contributed by atoms with Gasteiger partial charge in [-0.25, -0.2) is 9.67 Å². The van der Waals surface area contributed by atoms with Gasteiger partial charge in [-0.3, -0.25) is 4.79 Å². The van der Waals surface area contributed by atoms with E-state index in [4.69, 9.17) is 15.6 Å². The molecule has 0 aliphatic carbocycles. The Morgan fingerprint density at radius 1 is 1.67 bits per heavy atom. The third-order valence-corrected chi connectivity index (χ3v) is 2.93. The average molecular weight is 258 g/mol. The molecule has 0 spiro atoms. The molecule has 1 aliphatic heterocycles. The molecule has 2 unspecified atom stereocenters.